The summed E-state index contributed by atoms with van der Waals surface area (Å²) in [7, 11) is 0. The topological polar surface area (TPSA) is 26.0 Å². The van der Waals surface area contributed by atoms with Crippen molar-refractivity contribution in [2.45, 2.75) is 12.3 Å². The minimum absolute atomic E-state index is 0.171. The van der Waals surface area contributed by atoms with Gasteiger partial charge in [0.05, 0.1) is 0 Å². The molecule has 2 N–H and O–H groups in total. The number of nitrogens with two attached hydrogens (primary N) is 1. The van der Waals surface area contributed by atoms with Crippen LogP contribution < -0.4 is 5.73 Å². The van der Waals surface area contributed by atoms with E-state index in [-0.39, 0.29) is 5.92 Å². The summed E-state index contributed by atoms with van der Waals surface area (Å²) >= 11 is 0. The van der Waals surface area contributed by atoms with Gasteiger partial charge >= 0.3 is 0 Å². The summed E-state index contributed by atoms with van der Waals surface area (Å²) < 4.78 is 0. The lowest BCUT2D eigenvalue weighted by Gasteiger charge is -2.20. The maximum Gasteiger partial charge on any atom is 0.0356 e. The van der Waals surface area contributed by atoms with Gasteiger partial charge in [-0.3, -0.25) is 0 Å². The molecule has 0 unspecified atom stereocenters. The molecule has 1 heteroatoms. The van der Waals surface area contributed by atoms with Gasteiger partial charge < -0.3 is 5.73 Å². The third kappa shape index (κ3) is 5.26. The van der Waals surface area contributed by atoms with E-state index in [1.807, 2.05) is 6.07 Å². The molecular formula is C38H31N. The van der Waals surface area contributed by atoms with E-state index in [1.54, 1.807) is 0 Å². The second kappa shape index (κ2) is 11.2. The Kier molecular flexibility index (Phi) is 7.05. The smallest absolute Gasteiger partial charge is 0.0356 e. The van der Waals surface area contributed by atoms with E-state index in [2.05, 4.69) is 152 Å². The van der Waals surface area contributed by atoms with Crippen LogP contribution in [0.15, 0.2) is 158 Å². The first-order valence-corrected chi connectivity index (χ1v) is 13.5. The Morgan fingerprint density at radius 2 is 1.08 bits per heavy atom. The quantitative estimate of drug-likeness (QED) is 0.217. The average Bonchev–Trinajstić information content (AvgIpc) is 3.01. The van der Waals surface area contributed by atoms with E-state index in [4.69, 9.17) is 5.73 Å². The lowest BCUT2D eigenvalue weighted by Crippen LogP contribution is -2.04. The molecule has 0 saturated heterocycles. The average molecular weight is 502 g/mol. The fourth-order valence-corrected chi connectivity index (χ4v) is 5.49. The first kappa shape index (κ1) is 24.5. The summed E-state index contributed by atoms with van der Waals surface area (Å²) in [5.74, 6) is 0.171. The van der Waals surface area contributed by atoms with Crippen molar-refractivity contribution in [1.29, 1.82) is 0 Å². The summed E-state index contributed by atoms with van der Waals surface area (Å²) in [5.41, 5.74) is 16.1. The van der Waals surface area contributed by atoms with Crippen molar-refractivity contribution >= 4 is 16.5 Å². The second-order valence-corrected chi connectivity index (χ2v) is 9.93. The van der Waals surface area contributed by atoms with E-state index < -0.39 is 0 Å². The highest BCUT2D eigenvalue weighted by atomic mass is 14.6. The van der Waals surface area contributed by atoms with Gasteiger partial charge in [-0.2, -0.15) is 0 Å². The molecule has 0 saturated carbocycles. The van der Waals surface area contributed by atoms with Gasteiger partial charge in [0.25, 0.3) is 0 Å². The lowest BCUT2D eigenvalue weighted by molar-refractivity contribution is 0.978. The van der Waals surface area contributed by atoms with Crippen molar-refractivity contribution in [3.8, 4) is 11.1 Å². The van der Waals surface area contributed by atoms with Crippen LogP contribution >= 0.6 is 0 Å². The second-order valence-electron chi connectivity index (χ2n) is 9.93. The number of hydrogen-bond acceptors (Lipinski definition) is 1. The van der Waals surface area contributed by atoms with Gasteiger partial charge in [-0.15, -0.1) is 0 Å². The zero-order valence-corrected chi connectivity index (χ0v) is 21.9. The van der Waals surface area contributed by atoms with Crippen LogP contribution in [0, 0.1) is 0 Å². The van der Waals surface area contributed by atoms with Crippen molar-refractivity contribution in [3.63, 3.8) is 0 Å². The molecule has 1 nitrogen and oxygen atoms in total. The first-order chi connectivity index (χ1) is 19.3. The van der Waals surface area contributed by atoms with E-state index >= 15 is 0 Å². The maximum atomic E-state index is 6.76. The molecule has 0 fully saturated rings. The van der Waals surface area contributed by atoms with Gasteiger partial charge in [-0.05, 0) is 50.6 Å². The molecule has 6 rings (SSSR count). The van der Waals surface area contributed by atoms with Crippen LogP contribution in [0.25, 0.3) is 27.6 Å². The van der Waals surface area contributed by atoms with Crippen LogP contribution in [0.5, 0.6) is 0 Å². The Bertz CT molecular complexity index is 1660. The van der Waals surface area contributed by atoms with Gasteiger partial charge in [-0.1, -0.05) is 158 Å². The fraction of sp³-hybridized carbons (Fsp3) is 0.0526. The van der Waals surface area contributed by atoms with Crippen molar-refractivity contribution in [2.24, 2.45) is 5.73 Å². The summed E-state index contributed by atoms with van der Waals surface area (Å²) in [6.07, 6.45) is 2.94. The third-order valence-corrected chi connectivity index (χ3v) is 7.44. The molecule has 6 aromatic carbocycles. The predicted octanol–water partition coefficient (Wildman–Crippen LogP) is 9.23. The maximum absolute atomic E-state index is 6.76. The molecular weight excluding hydrogens is 470 g/mol. The van der Waals surface area contributed by atoms with Gasteiger partial charge in [0, 0.05) is 17.2 Å². The molecule has 0 aliphatic rings. The molecule has 0 aromatic heterocycles. The van der Waals surface area contributed by atoms with Gasteiger partial charge in [0.1, 0.15) is 0 Å². The molecule has 188 valence electrons. The molecule has 0 aliphatic carbocycles. The van der Waals surface area contributed by atoms with Crippen LogP contribution in [0.2, 0.25) is 0 Å². The highest BCUT2D eigenvalue weighted by Gasteiger charge is 2.18. The zero-order valence-electron chi connectivity index (χ0n) is 21.9. The van der Waals surface area contributed by atoms with Gasteiger partial charge in [0.15, 0.2) is 0 Å². The summed E-state index contributed by atoms with van der Waals surface area (Å²) in [6.45, 7) is 0. The van der Waals surface area contributed by atoms with Crippen LogP contribution in [-0.4, -0.2) is 0 Å². The van der Waals surface area contributed by atoms with E-state index in [0.29, 0.717) is 0 Å². The zero-order chi connectivity index (χ0) is 26.4. The first-order valence-electron chi connectivity index (χ1n) is 13.5. The molecule has 6 aromatic rings. The Hall–Kier alpha value is -4.88. The van der Waals surface area contributed by atoms with Crippen molar-refractivity contribution < 1.29 is 0 Å². The standard InChI is InChI=1S/C38H31N/c39-36(27-20-28-12-4-1-5-13-28)35-26-25-29-14-10-11-19-34(29)38(35)33-23-21-32(22-24-33)37(30-15-6-2-7-16-30)31-17-8-3-9-18-31/h1-19,21-27,37H,20,39H2/b36-27-. The third-order valence-electron chi connectivity index (χ3n) is 7.44. The number of allylic oxidation sites excluding steroid dienone is 1. The highest BCUT2D eigenvalue weighted by molar-refractivity contribution is 6.02. The van der Waals surface area contributed by atoms with E-state index in [1.165, 1.54) is 44.2 Å². The lowest BCUT2D eigenvalue weighted by atomic mass is 9.84. The van der Waals surface area contributed by atoms with Crippen molar-refractivity contribution in [2.75, 3.05) is 0 Å². The predicted molar refractivity (Wildman–Crippen MR) is 166 cm³/mol. The molecule has 0 bridgehead atoms. The molecule has 0 aliphatic heterocycles. The van der Waals surface area contributed by atoms with E-state index in [0.717, 1.165) is 17.7 Å². The number of hydrogen-bond donors (Lipinski definition) is 1. The fourth-order valence-electron chi connectivity index (χ4n) is 5.49. The van der Waals surface area contributed by atoms with Crippen molar-refractivity contribution in [3.05, 3.63) is 186 Å². The van der Waals surface area contributed by atoms with Gasteiger partial charge in [0.2, 0.25) is 0 Å². The summed E-state index contributed by atoms with van der Waals surface area (Å²) in [4.78, 5) is 0. The van der Waals surface area contributed by atoms with Crippen LogP contribution in [0.1, 0.15) is 33.7 Å². The van der Waals surface area contributed by atoms with Gasteiger partial charge in [-0.25, -0.2) is 0 Å². The molecule has 0 heterocycles. The van der Waals surface area contributed by atoms with Crippen LogP contribution in [0.4, 0.5) is 0 Å². The largest absolute Gasteiger partial charge is 0.398 e. The minimum atomic E-state index is 0.171. The SMILES string of the molecule is N/C(=C\Cc1ccccc1)c1ccc2ccccc2c1-c1ccc(C(c2ccccc2)c2ccccc2)cc1. The molecule has 39 heavy (non-hydrogen) atoms. The Balaban J connectivity index is 1.43. The van der Waals surface area contributed by atoms with E-state index in [9.17, 15) is 0 Å². The molecule has 0 radical (unpaired) electrons. The highest BCUT2D eigenvalue weighted by Crippen LogP contribution is 2.37. The summed E-state index contributed by atoms with van der Waals surface area (Å²) in [6, 6.07) is 53.9. The molecule has 0 amide bonds. The summed E-state index contributed by atoms with van der Waals surface area (Å²) in [5, 5.41) is 2.42. The Morgan fingerprint density at radius 3 is 1.72 bits per heavy atom. The van der Waals surface area contributed by atoms with Crippen LogP contribution in [0.3, 0.4) is 0 Å². The number of benzene rings is 6. The number of fused-ring (bicyclic) bond motifs is 1. The van der Waals surface area contributed by atoms with Crippen LogP contribution in [-0.2, 0) is 6.42 Å². The Morgan fingerprint density at radius 1 is 0.538 bits per heavy atom. The Labute approximate surface area is 230 Å². The molecule has 0 atom stereocenters. The number of rotatable bonds is 7. The van der Waals surface area contributed by atoms with Crippen molar-refractivity contribution in [1.82, 2.24) is 0 Å². The molecule has 0 spiro atoms. The monoisotopic (exact) mass is 501 g/mol. The minimum Gasteiger partial charge on any atom is -0.398 e. The normalized spacial score (nSPS) is 11.7.